The van der Waals surface area contributed by atoms with E-state index in [0.29, 0.717) is 0 Å². The van der Waals surface area contributed by atoms with E-state index in [4.69, 9.17) is 19.6 Å². The van der Waals surface area contributed by atoms with E-state index in [9.17, 15) is 87.6 Å². The van der Waals surface area contributed by atoms with Gasteiger partial charge in [0.1, 0.15) is 73.2 Å². The van der Waals surface area contributed by atoms with Crippen LogP contribution in [0.5, 0.6) is 0 Å². The van der Waals surface area contributed by atoms with E-state index in [-0.39, 0.29) is 0 Å². The van der Waals surface area contributed by atoms with Crippen LogP contribution in [0.3, 0.4) is 0 Å². The number of aliphatic hydroxyl groups is 7. The van der Waals surface area contributed by atoms with Crippen molar-refractivity contribution in [2.75, 3.05) is 0 Å². The van der Waals surface area contributed by atoms with Gasteiger partial charge in [0.15, 0.2) is 0 Å². The molecule has 35 heteroatoms. The molecule has 2 fully saturated rings. The number of hydrogen-bond donors (Lipinski definition) is 16. The van der Waals surface area contributed by atoms with Crippen molar-refractivity contribution in [3.8, 4) is 0 Å². The summed E-state index contributed by atoms with van der Waals surface area (Å²) >= 11 is 0. The van der Waals surface area contributed by atoms with E-state index >= 15 is 0 Å². The third kappa shape index (κ3) is 12.6. The molecule has 2 aliphatic carbocycles. The Labute approximate surface area is 259 Å². The molecule has 2 rings (SSSR count). The normalized spacial score (nSPS) is 38.8. The van der Waals surface area contributed by atoms with E-state index in [1.54, 1.807) is 0 Å². The number of aliphatic hydroxyl groups excluding tert-OH is 7. The number of phosphoric ester groups is 4. The van der Waals surface area contributed by atoms with Crippen molar-refractivity contribution in [3.05, 3.63) is 0 Å². The van der Waals surface area contributed by atoms with Crippen LogP contribution in [0.4, 0.5) is 0 Å². The van der Waals surface area contributed by atoms with Crippen molar-refractivity contribution in [1.29, 1.82) is 0 Å². The molecule has 16 N–H and O–H groups in total. The highest BCUT2D eigenvalue weighted by Crippen LogP contribution is 2.70. The zero-order valence-electron chi connectivity index (χ0n) is 22.1. The lowest BCUT2D eigenvalue weighted by Crippen LogP contribution is -2.66. The standard InChI is InChI=1S/C12H28O29P6/c13-1-2(14)4(16)8(5(17)3(1)15)38-47(34,41-46(32,33)40-45(29,30)31)39-10-7(19)6(18)9(35-42(20,21)22)11(36-43(23,24)25)12(10)37-44(26,27)28/h1-19H,(H,32,33)(H2,20,21,22)(H2,23,24,25)(H2,26,27,28)(H2,29,30,31). The van der Waals surface area contributed by atoms with Crippen LogP contribution in [-0.2, 0) is 58.6 Å². The van der Waals surface area contributed by atoms with Crippen molar-refractivity contribution in [2.24, 2.45) is 0 Å². The Morgan fingerprint density at radius 3 is 0.936 bits per heavy atom. The Bertz CT molecular complexity index is 1360. The highest BCUT2D eigenvalue weighted by atomic mass is 31.3. The van der Waals surface area contributed by atoms with Crippen LogP contribution < -0.4 is 0 Å². The van der Waals surface area contributed by atoms with Gasteiger partial charge in [-0.3, -0.25) is 22.6 Å². The summed E-state index contributed by atoms with van der Waals surface area (Å²) < 4.78 is 101. The molecule has 0 aromatic rings. The lowest BCUT2D eigenvalue weighted by molar-refractivity contribution is -0.227. The van der Waals surface area contributed by atoms with Gasteiger partial charge >= 0.3 is 46.9 Å². The predicted molar refractivity (Wildman–Crippen MR) is 134 cm³/mol. The summed E-state index contributed by atoms with van der Waals surface area (Å²) in [5, 5.41) is 71.1. The molecule has 0 aromatic carbocycles. The maximum atomic E-state index is 13.7. The molecule has 0 spiro atoms. The average molecular weight is 822 g/mol. The van der Waals surface area contributed by atoms with Gasteiger partial charge in [-0.05, 0) is 0 Å². The highest BCUT2D eigenvalue weighted by Gasteiger charge is 2.61. The van der Waals surface area contributed by atoms with Crippen LogP contribution in [0, 0.1) is 0 Å². The second-order valence-electron chi connectivity index (χ2n) is 9.33. The fourth-order valence-electron chi connectivity index (χ4n) is 4.07. The van der Waals surface area contributed by atoms with Crippen molar-refractivity contribution in [3.63, 3.8) is 0 Å². The first-order chi connectivity index (χ1) is 20.8. The summed E-state index contributed by atoms with van der Waals surface area (Å²) in [4.78, 5) is 83.2. The minimum absolute atomic E-state index is 2.39. The summed E-state index contributed by atoms with van der Waals surface area (Å²) in [7, 11) is -37.5. The summed E-state index contributed by atoms with van der Waals surface area (Å²) in [6.07, 6.45) is -34.5. The van der Waals surface area contributed by atoms with Gasteiger partial charge in [-0.15, -0.1) is 0 Å². The molecule has 0 aromatic heterocycles. The van der Waals surface area contributed by atoms with Crippen LogP contribution >= 0.6 is 46.9 Å². The van der Waals surface area contributed by atoms with Gasteiger partial charge in [-0.25, -0.2) is 27.4 Å². The Morgan fingerprint density at radius 2 is 0.596 bits per heavy atom. The second-order valence-corrected chi connectivity index (χ2v) is 17.4. The van der Waals surface area contributed by atoms with Crippen molar-refractivity contribution < 1.29 is 138 Å². The molecule has 47 heavy (non-hydrogen) atoms. The lowest BCUT2D eigenvalue weighted by atomic mass is 9.85. The zero-order valence-corrected chi connectivity index (χ0v) is 27.4. The molecule has 12 atom stereocenters. The summed E-state index contributed by atoms with van der Waals surface area (Å²) in [5.74, 6) is 0. The minimum atomic E-state index is -6.67. The van der Waals surface area contributed by atoms with Crippen LogP contribution in [0.1, 0.15) is 0 Å². The molecule has 0 bridgehead atoms. The molecule has 0 aliphatic heterocycles. The molecule has 2 saturated carbocycles. The number of hydrogen-bond acceptors (Lipinski definition) is 20. The van der Waals surface area contributed by atoms with E-state index in [1.165, 1.54) is 0 Å². The molecular weight excluding hydrogens is 794 g/mol. The highest BCUT2D eigenvalue weighted by molar-refractivity contribution is 7.66. The van der Waals surface area contributed by atoms with Crippen LogP contribution in [0.25, 0.3) is 0 Å². The molecule has 0 saturated heterocycles. The van der Waals surface area contributed by atoms with E-state index in [1.807, 2.05) is 0 Å². The maximum Gasteiger partial charge on any atom is 0.490 e. The summed E-state index contributed by atoms with van der Waals surface area (Å²) in [5.41, 5.74) is 0. The molecule has 2 aliphatic rings. The first kappa shape index (κ1) is 43.6. The minimum Gasteiger partial charge on any atom is -0.387 e. The van der Waals surface area contributed by atoms with Gasteiger partial charge in [0.05, 0.1) is 0 Å². The molecule has 0 amide bonds. The molecule has 0 radical (unpaired) electrons. The Kier molecular flexibility index (Phi) is 14.1. The van der Waals surface area contributed by atoms with Gasteiger partial charge in [0, 0.05) is 0 Å². The van der Waals surface area contributed by atoms with Crippen molar-refractivity contribution in [1.82, 2.24) is 0 Å². The molecule has 0 heterocycles. The first-order valence-corrected chi connectivity index (χ1v) is 20.6. The van der Waals surface area contributed by atoms with Crippen LogP contribution in [0.2, 0.25) is 0 Å². The molecule has 280 valence electrons. The SMILES string of the molecule is O=P(O)(O)OC1C(O)C(O)C(OP(=O)(OC2C(O)C(O)C(O)C(O)C2O)OP(=O)(O)OP(=O)(O)O)C(OP(=O)(O)O)C1OP(=O)(O)O. The lowest BCUT2D eigenvalue weighted by Gasteiger charge is -2.47. The van der Waals surface area contributed by atoms with Gasteiger partial charge in [0.2, 0.25) is 0 Å². The van der Waals surface area contributed by atoms with E-state index in [0.717, 1.165) is 0 Å². The van der Waals surface area contributed by atoms with Gasteiger partial charge in [0.25, 0.3) is 0 Å². The fraction of sp³-hybridized carbons (Fsp3) is 1.00. The van der Waals surface area contributed by atoms with E-state index < -0.39 is 120 Å². The van der Waals surface area contributed by atoms with Gasteiger partial charge < -0.3 is 79.8 Å². The Balaban J connectivity index is 2.77. The smallest absolute Gasteiger partial charge is 0.387 e. The van der Waals surface area contributed by atoms with Crippen LogP contribution in [-0.4, -0.2) is 153 Å². The third-order valence-electron chi connectivity index (χ3n) is 5.76. The fourth-order valence-corrected chi connectivity index (χ4v) is 9.67. The topological polar surface area (TPSA) is 491 Å². The summed E-state index contributed by atoms with van der Waals surface area (Å²) in [6.45, 7) is 0. The maximum absolute atomic E-state index is 13.7. The quantitative estimate of drug-likeness (QED) is 0.0725. The number of phosphoric acid groups is 6. The van der Waals surface area contributed by atoms with Gasteiger partial charge in [-0.2, -0.15) is 8.62 Å². The van der Waals surface area contributed by atoms with Crippen molar-refractivity contribution >= 4 is 46.9 Å². The molecule has 12 unspecified atom stereocenters. The third-order valence-corrected chi connectivity index (χ3v) is 11.6. The Morgan fingerprint density at radius 1 is 0.319 bits per heavy atom. The van der Waals surface area contributed by atoms with Gasteiger partial charge in [-0.1, -0.05) is 0 Å². The molecular formula is C12H28O29P6. The first-order valence-electron chi connectivity index (χ1n) is 11.5. The van der Waals surface area contributed by atoms with E-state index in [2.05, 4.69) is 31.2 Å². The number of rotatable bonds is 14. The largest absolute Gasteiger partial charge is 0.490 e. The summed E-state index contributed by atoms with van der Waals surface area (Å²) in [6, 6.07) is 0. The average Bonchev–Trinajstić information content (AvgIpc) is 2.83. The molecule has 29 nitrogen and oxygen atoms in total. The monoisotopic (exact) mass is 822 g/mol. The van der Waals surface area contributed by atoms with Crippen LogP contribution in [0.15, 0.2) is 0 Å². The Hall–Kier alpha value is 0.460. The zero-order chi connectivity index (χ0) is 36.9. The van der Waals surface area contributed by atoms with Crippen molar-refractivity contribution in [2.45, 2.75) is 73.2 Å². The second kappa shape index (κ2) is 15.2. The predicted octanol–water partition coefficient (Wildman–Crippen LogP) is -5.92.